The molecule has 2 aliphatic heterocycles. The topological polar surface area (TPSA) is 64.8 Å². The van der Waals surface area contributed by atoms with Gasteiger partial charge in [-0.05, 0) is 73.6 Å². The molecule has 2 aromatic rings. The summed E-state index contributed by atoms with van der Waals surface area (Å²) in [5.41, 5.74) is 11.8. The fourth-order valence-electron chi connectivity index (χ4n) is 3.93. The first-order chi connectivity index (χ1) is 13.0. The van der Waals surface area contributed by atoms with Gasteiger partial charge < -0.3 is 15.2 Å². The Balaban J connectivity index is 1.66. The van der Waals surface area contributed by atoms with Crippen LogP contribution in [0.3, 0.4) is 0 Å². The number of rotatable bonds is 3. The van der Waals surface area contributed by atoms with Crippen molar-refractivity contribution < 1.29 is 14.3 Å². The molecule has 1 amide bonds. The Bertz CT molecular complexity index is 855. The molecule has 0 bridgehead atoms. The molecule has 0 radical (unpaired) electrons. The lowest BCUT2D eigenvalue weighted by Crippen LogP contribution is -2.49. The summed E-state index contributed by atoms with van der Waals surface area (Å²) < 4.78 is 11.6. The molecule has 1 fully saturated rings. The van der Waals surface area contributed by atoms with Gasteiger partial charge in [-0.1, -0.05) is 12.1 Å². The zero-order valence-electron chi connectivity index (χ0n) is 16.0. The molecule has 2 heterocycles. The van der Waals surface area contributed by atoms with Crippen molar-refractivity contribution in [1.82, 2.24) is 4.90 Å². The first kappa shape index (κ1) is 17.9. The summed E-state index contributed by atoms with van der Waals surface area (Å²) in [7, 11) is 0. The number of carbonyl (C=O) groups excluding carboxylic acids is 1. The number of benzene rings is 2. The third kappa shape index (κ3) is 3.39. The molecular formula is C22H26N2O3. The van der Waals surface area contributed by atoms with Crippen molar-refractivity contribution in [3.05, 3.63) is 58.1 Å². The van der Waals surface area contributed by atoms with E-state index in [-0.39, 0.29) is 11.9 Å². The third-order valence-electron chi connectivity index (χ3n) is 5.74. The van der Waals surface area contributed by atoms with E-state index in [4.69, 9.17) is 15.2 Å². The number of carbonyl (C=O) groups is 1. The molecular weight excluding hydrogens is 340 g/mol. The highest BCUT2D eigenvalue weighted by Crippen LogP contribution is 2.35. The van der Waals surface area contributed by atoms with E-state index in [9.17, 15) is 4.79 Å². The second-order valence-electron chi connectivity index (χ2n) is 7.50. The van der Waals surface area contributed by atoms with Crippen molar-refractivity contribution >= 4 is 11.6 Å². The van der Waals surface area contributed by atoms with Gasteiger partial charge in [0.05, 0.1) is 18.2 Å². The molecule has 2 aromatic carbocycles. The first-order valence-electron chi connectivity index (χ1n) is 9.53. The van der Waals surface area contributed by atoms with Crippen LogP contribution in [-0.4, -0.2) is 36.8 Å². The summed E-state index contributed by atoms with van der Waals surface area (Å²) in [5.74, 6) is 0.778. The van der Waals surface area contributed by atoms with Crippen LogP contribution in [0, 0.1) is 13.8 Å². The molecule has 1 saturated heterocycles. The van der Waals surface area contributed by atoms with Crippen LogP contribution in [0.25, 0.3) is 0 Å². The summed E-state index contributed by atoms with van der Waals surface area (Å²) >= 11 is 0. The summed E-state index contributed by atoms with van der Waals surface area (Å²) in [4.78, 5) is 15.0. The van der Waals surface area contributed by atoms with Gasteiger partial charge >= 0.3 is 0 Å². The fraction of sp³-hybridized carbons (Fsp3) is 0.409. The van der Waals surface area contributed by atoms with E-state index in [1.54, 1.807) is 0 Å². The van der Waals surface area contributed by atoms with Gasteiger partial charge in [0.25, 0.3) is 5.91 Å². The van der Waals surface area contributed by atoms with Crippen molar-refractivity contribution in [1.29, 1.82) is 0 Å². The van der Waals surface area contributed by atoms with Crippen LogP contribution in [0.1, 0.15) is 45.5 Å². The van der Waals surface area contributed by atoms with Crippen molar-refractivity contribution in [3.8, 4) is 5.75 Å². The van der Waals surface area contributed by atoms with Crippen molar-refractivity contribution in [2.45, 2.75) is 39.2 Å². The Kier molecular flexibility index (Phi) is 4.79. The van der Waals surface area contributed by atoms with E-state index in [0.29, 0.717) is 18.9 Å². The Morgan fingerprint density at radius 1 is 1.19 bits per heavy atom. The summed E-state index contributed by atoms with van der Waals surface area (Å²) in [6.07, 6.45) is 2.71. The van der Waals surface area contributed by atoms with E-state index in [1.807, 2.05) is 42.2 Å². The Morgan fingerprint density at radius 3 is 2.67 bits per heavy atom. The van der Waals surface area contributed by atoms with Crippen LogP contribution in [0.15, 0.2) is 30.3 Å². The number of nitrogen functional groups attached to an aromatic ring is 1. The van der Waals surface area contributed by atoms with E-state index in [2.05, 4.69) is 6.92 Å². The average Bonchev–Trinajstić information content (AvgIpc) is 2.69. The number of fused-ring (bicyclic) bond motifs is 1. The zero-order chi connectivity index (χ0) is 19.0. The minimum Gasteiger partial charge on any atom is -0.472 e. The van der Waals surface area contributed by atoms with Crippen molar-refractivity contribution in [2.75, 3.05) is 25.7 Å². The van der Waals surface area contributed by atoms with Crippen LogP contribution in [0.2, 0.25) is 0 Å². The highest BCUT2D eigenvalue weighted by atomic mass is 16.5. The third-order valence-corrected chi connectivity index (χ3v) is 5.74. The number of hydrogen-bond donors (Lipinski definition) is 1. The molecule has 1 unspecified atom stereocenters. The Hall–Kier alpha value is -2.53. The zero-order valence-corrected chi connectivity index (χ0v) is 16.0. The lowest BCUT2D eigenvalue weighted by Gasteiger charge is -2.37. The molecule has 142 valence electrons. The lowest BCUT2D eigenvalue weighted by molar-refractivity contribution is -0.0101. The quantitative estimate of drug-likeness (QED) is 0.845. The summed E-state index contributed by atoms with van der Waals surface area (Å²) in [6.45, 7) is 5.80. The number of amides is 1. The second-order valence-corrected chi connectivity index (χ2v) is 7.50. The number of hydrogen-bond acceptors (Lipinski definition) is 4. The number of ether oxygens (including phenoxy) is 2. The lowest BCUT2D eigenvalue weighted by atomic mass is 9.92. The molecule has 1 atom stereocenters. The maximum Gasteiger partial charge on any atom is 0.260 e. The minimum atomic E-state index is 0.0495. The van der Waals surface area contributed by atoms with Gasteiger partial charge in [-0.15, -0.1) is 0 Å². The maximum atomic E-state index is 13.2. The fourth-order valence-corrected chi connectivity index (χ4v) is 3.93. The Morgan fingerprint density at radius 2 is 1.96 bits per heavy atom. The highest BCUT2D eigenvalue weighted by Gasteiger charge is 2.34. The number of anilines is 1. The highest BCUT2D eigenvalue weighted by molar-refractivity contribution is 5.99. The SMILES string of the molecule is Cc1c(Cc2ccc(N)cc2)cc2c(c1C)OCN(C1CCCOC1)C2=O. The van der Waals surface area contributed by atoms with Gasteiger partial charge in [0.1, 0.15) is 5.75 Å². The Labute approximate surface area is 160 Å². The first-order valence-corrected chi connectivity index (χ1v) is 9.53. The molecule has 0 aliphatic carbocycles. The van der Waals surface area contributed by atoms with Gasteiger partial charge in [-0.3, -0.25) is 9.69 Å². The average molecular weight is 366 g/mol. The molecule has 0 aromatic heterocycles. The molecule has 4 rings (SSSR count). The molecule has 27 heavy (non-hydrogen) atoms. The number of nitrogens with zero attached hydrogens (tertiary/aromatic N) is 1. The molecule has 2 N–H and O–H groups in total. The standard InChI is InChI=1S/C22H26N2O3/c1-14-15(2)21-20(11-17(14)10-16-5-7-18(23)8-6-16)22(25)24(13-27-21)19-4-3-9-26-12-19/h5-8,11,19H,3-4,9-10,12-13,23H2,1-2H3. The normalized spacial score (nSPS) is 19.6. The smallest absolute Gasteiger partial charge is 0.260 e. The molecule has 0 spiro atoms. The maximum absolute atomic E-state index is 13.2. The predicted octanol–water partition coefficient (Wildman–Crippen LogP) is 3.45. The van der Waals surface area contributed by atoms with Crippen LogP contribution >= 0.6 is 0 Å². The molecule has 5 heteroatoms. The minimum absolute atomic E-state index is 0.0495. The van der Waals surface area contributed by atoms with Crippen LogP contribution in [0.5, 0.6) is 5.75 Å². The largest absolute Gasteiger partial charge is 0.472 e. The van der Waals surface area contributed by atoms with Gasteiger partial charge in [-0.25, -0.2) is 0 Å². The monoisotopic (exact) mass is 366 g/mol. The number of nitrogens with two attached hydrogens (primary N) is 1. The van der Waals surface area contributed by atoms with Crippen LogP contribution in [-0.2, 0) is 11.2 Å². The van der Waals surface area contributed by atoms with E-state index in [1.165, 1.54) is 11.1 Å². The van der Waals surface area contributed by atoms with Gasteiger partial charge in [-0.2, -0.15) is 0 Å². The van der Waals surface area contributed by atoms with Crippen LogP contribution < -0.4 is 10.5 Å². The van der Waals surface area contributed by atoms with E-state index in [0.717, 1.165) is 48.4 Å². The molecule has 0 saturated carbocycles. The predicted molar refractivity (Wildman–Crippen MR) is 105 cm³/mol. The van der Waals surface area contributed by atoms with Crippen molar-refractivity contribution in [2.24, 2.45) is 0 Å². The van der Waals surface area contributed by atoms with Crippen molar-refractivity contribution in [3.63, 3.8) is 0 Å². The second kappa shape index (κ2) is 7.24. The van der Waals surface area contributed by atoms with Gasteiger partial charge in [0, 0.05) is 12.3 Å². The molecule has 5 nitrogen and oxygen atoms in total. The molecule has 2 aliphatic rings. The van der Waals surface area contributed by atoms with E-state index < -0.39 is 0 Å². The van der Waals surface area contributed by atoms with Crippen LogP contribution in [0.4, 0.5) is 5.69 Å². The van der Waals surface area contributed by atoms with E-state index >= 15 is 0 Å². The van der Waals surface area contributed by atoms with Gasteiger partial charge in [0.2, 0.25) is 0 Å². The summed E-state index contributed by atoms with van der Waals surface area (Å²) in [6, 6.07) is 10.00. The summed E-state index contributed by atoms with van der Waals surface area (Å²) in [5, 5.41) is 0. The van der Waals surface area contributed by atoms with Gasteiger partial charge in [0.15, 0.2) is 6.73 Å².